The molecule has 0 bridgehead atoms. The van der Waals surface area contributed by atoms with Crippen molar-refractivity contribution in [2.45, 2.75) is 6.92 Å². The molecule has 3 aromatic rings. The smallest absolute Gasteiger partial charge is 0.264 e. The number of amides is 1. The van der Waals surface area contributed by atoms with E-state index in [-0.39, 0.29) is 12.5 Å². The van der Waals surface area contributed by atoms with E-state index in [1.807, 2.05) is 43.3 Å². The van der Waals surface area contributed by atoms with Crippen molar-refractivity contribution in [1.29, 1.82) is 0 Å². The lowest BCUT2D eigenvalue weighted by Crippen LogP contribution is -2.19. The number of aryl methyl sites for hydroxylation is 1. The monoisotopic (exact) mass is 332 g/mol. The molecule has 0 saturated carbocycles. The van der Waals surface area contributed by atoms with Crippen LogP contribution in [0, 0.1) is 6.92 Å². The summed E-state index contributed by atoms with van der Waals surface area (Å²) in [5.74, 6) is 0.419. The highest BCUT2D eigenvalue weighted by Gasteiger charge is 2.09. The van der Waals surface area contributed by atoms with Crippen LogP contribution in [0.2, 0.25) is 5.02 Å². The summed E-state index contributed by atoms with van der Waals surface area (Å²) < 4.78 is 6.36. The van der Waals surface area contributed by atoms with Crippen molar-refractivity contribution in [3.8, 4) is 5.75 Å². The molecule has 0 radical (unpaired) electrons. The lowest BCUT2D eigenvalue weighted by molar-refractivity contribution is -0.118. The number of nitrogens with zero attached hydrogens (tertiary/aromatic N) is 1. The Morgan fingerprint density at radius 1 is 1.27 bits per heavy atom. The van der Waals surface area contributed by atoms with Gasteiger partial charge in [-0.25, -0.2) is 4.98 Å². The van der Waals surface area contributed by atoms with Gasteiger partial charge < -0.3 is 4.74 Å². The number of rotatable bonds is 4. The highest BCUT2D eigenvalue weighted by Crippen LogP contribution is 2.28. The predicted molar refractivity (Wildman–Crippen MR) is 89.9 cm³/mol. The Morgan fingerprint density at radius 2 is 2.05 bits per heavy atom. The van der Waals surface area contributed by atoms with E-state index in [0.29, 0.717) is 15.9 Å². The topological polar surface area (TPSA) is 51.2 Å². The third-order valence-electron chi connectivity index (χ3n) is 2.99. The van der Waals surface area contributed by atoms with Gasteiger partial charge in [0.2, 0.25) is 0 Å². The molecule has 0 fully saturated rings. The summed E-state index contributed by atoms with van der Waals surface area (Å²) in [4.78, 5) is 16.2. The molecule has 0 spiro atoms. The maximum atomic E-state index is 11.9. The van der Waals surface area contributed by atoms with Crippen molar-refractivity contribution in [1.82, 2.24) is 4.98 Å². The Labute approximate surface area is 136 Å². The number of fused-ring (bicyclic) bond motifs is 1. The summed E-state index contributed by atoms with van der Waals surface area (Å²) in [6, 6.07) is 13.0. The van der Waals surface area contributed by atoms with Crippen LogP contribution in [-0.4, -0.2) is 17.5 Å². The highest BCUT2D eigenvalue weighted by atomic mass is 35.5. The second kappa shape index (κ2) is 6.34. The van der Waals surface area contributed by atoms with Gasteiger partial charge in [-0.3, -0.25) is 10.1 Å². The fraction of sp³-hybridized carbons (Fsp3) is 0.125. The van der Waals surface area contributed by atoms with E-state index in [9.17, 15) is 4.79 Å². The van der Waals surface area contributed by atoms with Gasteiger partial charge in [0, 0.05) is 5.02 Å². The second-order valence-corrected chi connectivity index (χ2v) is 6.25. The third-order valence-corrected chi connectivity index (χ3v) is 4.16. The first-order valence-electron chi connectivity index (χ1n) is 6.65. The molecule has 0 atom stereocenters. The molecule has 0 aliphatic carbocycles. The molecular formula is C16H13ClN2O2S. The van der Waals surface area contributed by atoms with Gasteiger partial charge in [0.1, 0.15) is 5.75 Å². The number of carbonyl (C=O) groups excluding carboxylic acids is 1. The molecule has 6 heteroatoms. The van der Waals surface area contributed by atoms with E-state index in [4.69, 9.17) is 16.3 Å². The maximum Gasteiger partial charge on any atom is 0.264 e. The van der Waals surface area contributed by atoms with Crippen molar-refractivity contribution >= 4 is 44.2 Å². The number of benzene rings is 2. The van der Waals surface area contributed by atoms with Gasteiger partial charge in [-0.1, -0.05) is 40.6 Å². The number of thiazole rings is 1. The summed E-state index contributed by atoms with van der Waals surface area (Å²) in [6.45, 7) is 1.94. The third kappa shape index (κ3) is 3.55. The highest BCUT2D eigenvalue weighted by molar-refractivity contribution is 7.22. The summed E-state index contributed by atoms with van der Waals surface area (Å²) in [5.41, 5.74) is 1.95. The molecular weight excluding hydrogens is 320 g/mol. The second-order valence-electron chi connectivity index (χ2n) is 4.78. The van der Waals surface area contributed by atoms with Gasteiger partial charge in [0.25, 0.3) is 5.91 Å². The van der Waals surface area contributed by atoms with Crippen LogP contribution in [0.1, 0.15) is 5.56 Å². The molecule has 2 aromatic carbocycles. The number of nitrogens with one attached hydrogen (secondary N) is 1. The van der Waals surface area contributed by atoms with Gasteiger partial charge in [-0.15, -0.1) is 0 Å². The Balaban J connectivity index is 1.61. The quantitative estimate of drug-likeness (QED) is 0.776. The number of aromatic nitrogens is 1. The van der Waals surface area contributed by atoms with Gasteiger partial charge in [-0.05, 0) is 37.3 Å². The minimum Gasteiger partial charge on any atom is -0.484 e. The van der Waals surface area contributed by atoms with Crippen LogP contribution in [-0.2, 0) is 4.79 Å². The molecule has 0 saturated heterocycles. The molecule has 1 N–H and O–H groups in total. The standard InChI is InChI=1S/C16H13ClN2O2S/c1-10-2-5-12(6-3-10)21-9-15(20)19-16-18-13-7-4-11(17)8-14(13)22-16/h2-8H,9H2,1H3,(H,18,19,20). The van der Waals surface area contributed by atoms with E-state index < -0.39 is 0 Å². The summed E-state index contributed by atoms with van der Waals surface area (Å²) in [6.07, 6.45) is 0. The number of carbonyl (C=O) groups is 1. The van der Waals surface area contributed by atoms with Crippen molar-refractivity contribution in [2.24, 2.45) is 0 Å². The van der Waals surface area contributed by atoms with E-state index in [1.165, 1.54) is 11.3 Å². The van der Waals surface area contributed by atoms with Crippen molar-refractivity contribution in [3.63, 3.8) is 0 Å². The number of halogens is 1. The number of ether oxygens (including phenoxy) is 1. The molecule has 3 rings (SSSR count). The fourth-order valence-electron chi connectivity index (χ4n) is 1.89. The van der Waals surface area contributed by atoms with Crippen LogP contribution < -0.4 is 10.1 Å². The first-order valence-corrected chi connectivity index (χ1v) is 7.85. The summed E-state index contributed by atoms with van der Waals surface area (Å²) >= 11 is 7.31. The maximum absolute atomic E-state index is 11.9. The Kier molecular flexibility index (Phi) is 4.27. The molecule has 1 amide bonds. The van der Waals surface area contributed by atoms with E-state index in [2.05, 4.69) is 10.3 Å². The van der Waals surface area contributed by atoms with Crippen LogP contribution in [0.3, 0.4) is 0 Å². The minimum absolute atomic E-state index is 0.0558. The lowest BCUT2D eigenvalue weighted by Gasteiger charge is -2.05. The molecule has 112 valence electrons. The summed E-state index contributed by atoms with van der Waals surface area (Å²) in [7, 11) is 0. The molecule has 0 aliphatic heterocycles. The Bertz CT molecular complexity index is 815. The largest absolute Gasteiger partial charge is 0.484 e. The van der Waals surface area contributed by atoms with Crippen molar-refractivity contribution < 1.29 is 9.53 Å². The van der Waals surface area contributed by atoms with Crippen LogP contribution in [0.15, 0.2) is 42.5 Å². The normalized spacial score (nSPS) is 10.6. The summed E-state index contributed by atoms with van der Waals surface area (Å²) in [5, 5.41) is 3.92. The van der Waals surface area contributed by atoms with Gasteiger partial charge in [0.05, 0.1) is 10.2 Å². The molecule has 0 unspecified atom stereocenters. The lowest BCUT2D eigenvalue weighted by atomic mass is 10.2. The molecule has 1 heterocycles. The first kappa shape index (κ1) is 14.8. The molecule has 1 aromatic heterocycles. The van der Waals surface area contributed by atoms with E-state index in [0.717, 1.165) is 15.8 Å². The predicted octanol–water partition coefficient (Wildman–Crippen LogP) is 4.28. The zero-order valence-corrected chi connectivity index (χ0v) is 13.4. The van der Waals surface area contributed by atoms with E-state index in [1.54, 1.807) is 6.07 Å². The average Bonchev–Trinajstić information content (AvgIpc) is 2.88. The first-order chi connectivity index (χ1) is 10.6. The van der Waals surface area contributed by atoms with Crippen LogP contribution >= 0.6 is 22.9 Å². The van der Waals surface area contributed by atoms with Crippen LogP contribution in [0.5, 0.6) is 5.75 Å². The average molecular weight is 333 g/mol. The minimum atomic E-state index is -0.245. The van der Waals surface area contributed by atoms with Crippen molar-refractivity contribution in [3.05, 3.63) is 53.1 Å². The zero-order chi connectivity index (χ0) is 15.5. The van der Waals surface area contributed by atoms with Gasteiger partial charge in [-0.2, -0.15) is 0 Å². The fourth-order valence-corrected chi connectivity index (χ4v) is 3.05. The van der Waals surface area contributed by atoms with Crippen molar-refractivity contribution in [2.75, 3.05) is 11.9 Å². The SMILES string of the molecule is Cc1ccc(OCC(=O)Nc2nc3ccc(Cl)cc3s2)cc1. The van der Waals surface area contributed by atoms with E-state index >= 15 is 0 Å². The number of hydrogen-bond donors (Lipinski definition) is 1. The number of anilines is 1. The molecule has 4 nitrogen and oxygen atoms in total. The molecule has 22 heavy (non-hydrogen) atoms. The van der Waals surface area contributed by atoms with Crippen LogP contribution in [0.25, 0.3) is 10.2 Å². The van der Waals surface area contributed by atoms with Gasteiger partial charge in [0.15, 0.2) is 11.7 Å². The number of hydrogen-bond acceptors (Lipinski definition) is 4. The van der Waals surface area contributed by atoms with Gasteiger partial charge >= 0.3 is 0 Å². The van der Waals surface area contributed by atoms with Crippen LogP contribution in [0.4, 0.5) is 5.13 Å². The molecule has 0 aliphatic rings. The zero-order valence-electron chi connectivity index (χ0n) is 11.8. The Morgan fingerprint density at radius 3 is 2.82 bits per heavy atom. The Hall–Kier alpha value is -2.11.